The molecular weight excluding hydrogens is 336 g/mol. The summed E-state index contributed by atoms with van der Waals surface area (Å²) in [5, 5.41) is 5.23. The molecular formula is C20H19ClN2O2. The molecule has 0 aliphatic carbocycles. The molecule has 0 saturated heterocycles. The van der Waals surface area contributed by atoms with Crippen LogP contribution in [0.5, 0.6) is 0 Å². The minimum Gasteiger partial charge on any atom is -0.468 e. The molecule has 2 aromatic carbocycles. The van der Waals surface area contributed by atoms with Crippen molar-refractivity contribution in [2.45, 2.75) is 24.9 Å². The van der Waals surface area contributed by atoms with Crippen molar-refractivity contribution >= 4 is 28.5 Å². The molecule has 4 rings (SSSR count). The van der Waals surface area contributed by atoms with E-state index in [0.717, 1.165) is 27.7 Å². The minimum absolute atomic E-state index is 0.125. The molecule has 0 amide bonds. The summed E-state index contributed by atoms with van der Waals surface area (Å²) in [6.45, 7) is 1.89. The van der Waals surface area contributed by atoms with Crippen molar-refractivity contribution < 1.29 is 9.53 Å². The van der Waals surface area contributed by atoms with Crippen LogP contribution in [0.1, 0.15) is 29.8 Å². The van der Waals surface area contributed by atoms with Gasteiger partial charge < -0.3 is 9.72 Å². The minimum atomic E-state index is -0.806. The maximum atomic E-state index is 12.5. The molecule has 2 atom stereocenters. The number of carbonyl (C=O) groups is 1. The number of nitrogens with one attached hydrogen (secondary N) is 2. The van der Waals surface area contributed by atoms with Gasteiger partial charge in [0.2, 0.25) is 0 Å². The zero-order valence-corrected chi connectivity index (χ0v) is 14.9. The third-order valence-corrected chi connectivity index (χ3v) is 5.19. The zero-order chi connectivity index (χ0) is 17.6. The quantitative estimate of drug-likeness (QED) is 0.684. The summed E-state index contributed by atoms with van der Waals surface area (Å²) >= 11 is 6.21. The molecule has 0 fully saturated rings. The van der Waals surface area contributed by atoms with Gasteiger partial charge in [-0.15, -0.1) is 0 Å². The number of aromatic amines is 1. The summed E-state index contributed by atoms with van der Waals surface area (Å²) in [5.41, 5.74) is 3.49. The fourth-order valence-corrected chi connectivity index (χ4v) is 3.90. The SMILES string of the molecule is COC(=O)C1(C)Cc2c([nH]c3ccc(Cl)cc23)C(c2ccccc2)N1. The summed E-state index contributed by atoms with van der Waals surface area (Å²) < 4.78 is 5.07. The van der Waals surface area contributed by atoms with Crippen molar-refractivity contribution in [2.75, 3.05) is 7.11 Å². The molecule has 0 spiro atoms. The highest BCUT2D eigenvalue weighted by Gasteiger charge is 2.43. The predicted molar refractivity (Wildman–Crippen MR) is 98.9 cm³/mol. The lowest BCUT2D eigenvalue weighted by molar-refractivity contribution is -0.148. The van der Waals surface area contributed by atoms with Crippen molar-refractivity contribution in [2.24, 2.45) is 0 Å². The van der Waals surface area contributed by atoms with Gasteiger partial charge in [0.15, 0.2) is 0 Å². The monoisotopic (exact) mass is 354 g/mol. The lowest BCUT2D eigenvalue weighted by Gasteiger charge is -2.37. The van der Waals surface area contributed by atoms with E-state index in [2.05, 4.69) is 22.4 Å². The normalized spacial score (nSPS) is 22.6. The van der Waals surface area contributed by atoms with Gasteiger partial charge in [-0.3, -0.25) is 10.1 Å². The smallest absolute Gasteiger partial charge is 0.326 e. The van der Waals surface area contributed by atoms with E-state index < -0.39 is 5.54 Å². The van der Waals surface area contributed by atoms with Crippen LogP contribution in [0.4, 0.5) is 0 Å². The van der Waals surface area contributed by atoms with E-state index in [0.29, 0.717) is 11.4 Å². The molecule has 1 aromatic heterocycles. The second kappa shape index (κ2) is 5.90. The van der Waals surface area contributed by atoms with Gasteiger partial charge in [0, 0.05) is 28.0 Å². The van der Waals surface area contributed by atoms with E-state index in [4.69, 9.17) is 16.3 Å². The molecule has 0 bridgehead atoms. The van der Waals surface area contributed by atoms with Crippen LogP contribution in [0, 0.1) is 0 Å². The summed E-state index contributed by atoms with van der Waals surface area (Å²) in [6, 6.07) is 15.8. The number of carbonyl (C=O) groups excluding carboxylic acids is 1. The molecule has 5 heteroatoms. The Kier molecular flexibility index (Phi) is 3.82. The first-order chi connectivity index (χ1) is 12.0. The highest BCUT2D eigenvalue weighted by atomic mass is 35.5. The summed E-state index contributed by atoms with van der Waals surface area (Å²) in [6.07, 6.45) is 0.540. The first-order valence-corrected chi connectivity index (χ1v) is 8.61. The predicted octanol–water partition coefficient (Wildman–Crippen LogP) is 3.99. The van der Waals surface area contributed by atoms with E-state index in [-0.39, 0.29) is 12.0 Å². The molecule has 2 N–H and O–H groups in total. The average molecular weight is 355 g/mol. The van der Waals surface area contributed by atoms with Crippen molar-refractivity contribution in [3.05, 3.63) is 70.4 Å². The Bertz CT molecular complexity index is 951. The fourth-order valence-electron chi connectivity index (χ4n) is 3.72. The molecule has 3 aromatic rings. The Balaban J connectivity index is 1.94. The van der Waals surface area contributed by atoms with Gasteiger partial charge in [-0.1, -0.05) is 41.9 Å². The molecule has 2 unspecified atom stereocenters. The number of benzene rings is 2. The van der Waals surface area contributed by atoms with Gasteiger partial charge in [-0.2, -0.15) is 0 Å². The Morgan fingerprint density at radius 3 is 2.72 bits per heavy atom. The Morgan fingerprint density at radius 2 is 2.00 bits per heavy atom. The van der Waals surface area contributed by atoms with E-state index >= 15 is 0 Å². The van der Waals surface area contributed by atoms with Gasteiger partial charge in [-0.25, -0.2) is 0 Å². The van der Waals surface area contributed by atoms with Crippen LogP contribution in [0.3, 0.4) is 0 Å². The number of halogens is 1. The topological polar surface area (TPSA) is 54.1 Å². The molecule has 1 aliphatic heterocycles. The number of fused-ring (bicyclic) bond motifs is 3. The van der Waals surface area contributed by atoms with Crippen molar-refractivity contribution in [1.82, 2.24) is 10.3 Å². The van der Waals surface area contributed by atoms with E-state index in [1.807, 2.05) is 43.3 Å². The second-order valence-corrected chi connectivity index (χ2v) is 7.13. The molecule has 128 valence electrons. The van der Waals surface area contributed by atoms with Crippen LogP contribution in [0.15, 0.2) is 48.5 Å². The van der Waals surface area contributed by atoms with Crippen molar-refractivity contribution in [1.29, 1.82) is 0 Å². The molecule has 0 radical (unpaired) electrons. The van der Waals surface area contributed by atoms with Crippen LogP contribution < -0.4 is 5.32 Å². The zero-order valence-electron chi connectivity index (χ0n) is 14.1. The number of ether oxygens (including phenoxy) is 1. The Labute approximate surface area is 151 Å². The molecule has 0 saturated carbocycles. The van der Waals surface area contributed by atoms with Gasteiger partial charge in [0.1, 0.15) is 5.54 Å². The number of aromatic nitrogens is 1. The van der Waals surface area contributed by atoms with Gasteiger partial charge in [-0.05, 0) is 36.2 Å². The van der Waals surface area contributed by atoms with Gasteiger partial charge in [0.25, 0.3) is 0 Å². The summed E-state index contributed by atoms with van der Waals surface area (Å²) in [5.74, 6) is -0.268. The number of H-pyrrole nitrogens is 1. The lowest BCUT2D eigenvalue weighted by Crippen LogP contribution is -2.56. The van der Waals surface area contributed by atoms with E-state index in [1.54, 1.807) is 0 Å². The van der Waals surface area contributed by atoms with Crippen LogP contribution in [-0.4, -0.2) is 23.6 Å². The largest absolute Gasteiger partial charge is 0.468 e. The van der Waals surface area contributed by atoms with E-state index in [1.165, 1.54) is 7.11 Å². The average Bonchev–Trinajstić information content (AvgIpc) is 2.98. The Hall–Kier alpha value is -2.30. The number of rotatable bonds is 2. The van der Waals surface area contributed by atoms with Gasteiger partial charge >= 0.3 is 5.97 Å². The maximum absolute atomic E-state index is 12.5. The van der Waals surface area contributed by atoms with Crippen molar-refractivity contribution in [3.63, 3.8) is 0 Å². The number of hydrogen-bond donors (Lipinski definition) is 2. The highest BCUT2D eigenvalue weighted by Crippen LogP contribution is 2.39. The lowest BCUT2D eigenvalue weighted by atomic mass is 9.83. The van der Waals surface area contributed by atoms with Crippen LogP contribution in [0.25, 0.3) is 10.9 Å². The maximum Gasteiger partial charge on any atom is 0.326 e. The molecule has 1 aliphatic rings. The molecule has 2 heterocycles. The van der Waals surface area contributed by atoms with Crippen LogP contribution >= 0.6 is 11.6 Å². The fraction of sp³-hybridized carbons (Fsp3) is 0.250. The molecule has 4 nitrogen and oxygen atoms in total. The number of hydrogen-bond acceptors (Lipinski definition) is 3. The third kappa shape index (κ3) is 2.62. The van der Waals surface area contributed by atoms with Crippen LogP contribution in [0.2, 0.25) is 5.02 Å². The summed E-state index contributed by atoms with van der Waals surface area (Å²) in [7, 11) is 1.42. The number of esters is 1. The first kappa shape index (κ1) is 16.2. The van der Waals surface area contributed by atoms with E-state index in [9.17, 15) is 4.79 Å². The highest BCUT2D eigenvalue weighted by molar-refractivity contribution is 6.31. The second-order valence-electron chi connectivity index (χ2n) is 6.70. The van der Waals surface area contributed by atoms with Crippen molar-refractivity contribution in [3.8, 4) is 0 Å². The Morgan fingerprint density at radius 1 is 1.24 bits per heavy atom. The summed E-state index contributed by atoms with van der Waals surface area (Å²) in [4.78, 5) is 16.0. The standard InChI is InChI=1S/C20H19ClN2O2/c1-20(19(24)25-2)11-15-14-10-13(21)8-9-16(14)22-18(15)17(23-20)12-6-4-3-5-7-12/h3-10,17,22-23H,11H2,1-2H3. The molecule has 25 heavy (non-hydrogen) atoms. The van der Waals surface area contributed by atoms with Crippen LogP contribution in [-0.2, 0) is 16.0 Å². The first-order valence-electron chi connectivity index (χ1n) is 8.23. The third-order valence-electron chi connectivity index (χ3n) is 4.95. The number of methoxy groups -OCH3 is 1. The van der Waals surface area contributed by atoms with Gasteiger partial charge in [0.05, 0.1) is 13.2 Å².